The summed E-state index contributed by atoms with van der Waals surface area (Å²) in [6.45, 7) is 3.29. The normalized spacial score (nSPS) is 11.1. The van der Waals surface area contributed by atoms with Crippen molar-refractivity contribution in [2.24, 2.45) is 14.1 Å². The highest BCUT2D eigenvalue weighted by Gasteiger charge is 2.30. The molecule has 0 bridgehead atoms. The van der Waals surface area contributed by atoms with Crippen molar-refractivity contribution >= 4 is 45.8 Å². The van der Waals surface area contributed by atoms with Gasteiger partial charge in [0.1, 0.15) is 5.56 Å². The molecular weight excluding hydrogens is 606 g/mol. The summed E-state index contributed by atoms with van der Waals surface area (Å²) in [5.74, 6) is -0.554. The van der Waals surface area contributed by atoms with Crippen LogP contribution >= 0.6 is 11.6 Å². The molecule has 6 aromatic rings. The zero-order chi connectivity index (χ0) is 32.7. The molecule has 46 heavy (non-hydrogen) atoms. The van der Waals surface area contributed by atoms with Crippen LogP contribution in [0.5, 0.6) is 5.88 Å². The van der Waals surface area contributed by atoms with E-state index in [-0.39, 0.29) is 22.4 Å². The molecule has 230 valence electrons. The number of anilines is 2. The van der Waals surface area contributed by atoms with Gasteiger partial charge in [-0.3, -0.25) is 14.2 Å². The molecule has 2 heterocycles. The van der Waals surface area contributed by atoms with Gasteiger partial charge in [-0.15, -0.1) is 0 Å². The molecule has 0 unspecified atom stereocenters. The van der Waals surface area contributed by atoms with E-state index < -0.39 is 23.1 Å². The molecule has 0 fully saturated rings. The minimum absolute atomic E-state index is 0.0549. The highest BCUT2D eigenvalue weighted by molar-refractivity contribution is 6.30. The Morgan fingerprint density at radius 2 is 1.46 bits per heavy atom. The van der Waals surface area contributed by atoms with Crippen molar-refractivity contribution in [2.45, 2.75) is 13.8 Å². The Balaban J connectivity index is 1.46. The van der Waals surface area contributed by atoms with Gasteiger partial charge in [-0.1, -0.05) is 54.1 Å². The number of carbonyl (C=O) groups excluding carboxylic acids is 2. The number of carbonyl (C=O) groups is 2. The maximum absolute atomic E-state index is 14.3. The molecule has 0 aliphatic rings. The maximum Gasteiger partial charge on any atom is 0.425 e. The van der Waals surface area contributed by atoms with Crippen LogP contribution in [-0.4, -0.2) is 30.8 Å². The molecule has 0 aliphatic heterocycles. The Kier molecular flexibility index (Phi) is 7.89. The third kappa shape index (κ3) is 5.18. The van der Waals surface area contributed by atoms with Crippen LogP contribution in [0.15, 0.2) is 107 Å². The Morgan fingerprint density at radius 3 is 2.07 bits per heavy atom. The molecule has 10 nitrogen and oxygen atoms in total. The van der Waals surface area contributed by atoms with Gasteiger partial charge in [0.15, 0.2) is 0 Å². The second-order valence-corrected chi connectivity index (χ2v) is 11.1. The number of rotatable bonds is 6. The number of ketones is 1. The fraction of sp³-hybridized carbons (Fsp3) is 0.114. The fourth-order valence-electron chi connectivity index (χ4n) is 5.58. The lowest BCUT2D eigenvalue weighted by Crippen LogP contribution is -2.38. The van der Waals surface area contributed by atoms with Crippen LogP contribution in [-0.2, 0) is 14.1 Å². The standard InChI is InChI=1S/C35H28ClN5O5/c1-21-27(18-19-28-29(21)32(43)41(34(44)38(28)3)26-17-11-12-23(36)20-26)31(42)30-22(2)37-39(4)33(30)46-35(45)40(24-13-7-5-8-14-24)25-15-9-6-10-16-25/h5-20H,1-4H3. The molecule has 0 atom stereocenters. The molecule has 1 amide bonds. The van der Waals surface area contributed by atoms with E-state index in [2.05, 4.69) is 5.10 Å². The minimum Gasteiger partial charge on any atom is -0.390 e. The first kappa shape index (κ1) is 30.3. The number of amides is 1. The van der Waals surface area contributed by atoms with Crippen molar-refractivity contribution in [3.05, 3.63) is 145 Å². The first-order valence-corrected chi connectivity index (χ1v) is 14.7. The number of benzene rings is 4. The second-order valence-electron chi connectivity index (χ2n) is 10.7. The van der Waals surface area contributed by atoms with Crippen LogP contribution in [0, 0.1) is 13.8 Å². The van der Waals surface area contributed by atoms with Crippen LogP contribution < -0.4 is 20.9 Å². The van der Waals surface area contributed by atoms with Crippen molar-refractivity contribution in [1.82, 2.24) is 18.9 Å². The smallest absolute Gasteiger partial charge is 0.390 e. The summed E-state index contributed by atoms with van der Waals surface area (Å²) in [6.07, 6.45) is -0.746. The number of hydrogen-bond acceptors (Lipinski definition) is 6. The Labute approximate surface area is 268 Å². The third-order valence-electron chi connectivity index (χ3n) is 7.80. The lowest BCUT2D eigenvalue weighted by molar-refractivity contribution is 0.103. The van der Waals surface area contributed by atoms with Gasteiger partial charge in [-0.2, -0.15) is 5.10 Å². The highest BCUT2D eigenvalue weighted by Crippen LogP contribution is 2.31. The molecule has 4 aromatic carbocycles. The van der Waals surface area contributed by atoms with Crippen molar-refractivity contribution in [2.75, 3.05) is 4.90 Å². The average molecular weight is 634 g/mol. The lowest BCUT2D eigenvalue weighted by atomic mass is 9.96. The number of nitrogens with zero attached hydrogens (tertiary/aromatic N) is 5. The summed E-state index contributed by atoms with van der Waals surface area (Å²) in [7, 11) is 3.13. The van der Waals surface area contributed by atoms with Crippen molar-refractivity contribution in [3.8, 4) is 11.6 Å². The summed E-state index contributed by atoms with van der Waals surface area (Å²) in [6, 6.07) is 27.5. The summed E-state index contributed by atoms with van der Waals surface area (Å²) in [5.41, 5.74) is 1.59. The predicted octanol–water partition coefficient (Wildman–Crippen LogP) is 6.26. The van der Waals surface area contributed by atoms with E-state index in [0.717, 1.165) is 4.57 Å². The number of halogens is 1. The van der Waals surface area contributed by atoms with Crippen LogP contribution in [0.4, 0.5) is 16.2 Å². The first-order chi connectivity index (χ1) is 22.1. The van der Waals surface area contributed by atoms with Crippen LogP contribution in [0.25, 0.3) is 16.6 Å². The molecule has 0 radical (unpaired) electrons. The average Bonchev–Trinajstić information content (AvgIpc) is 3.32. The van der Waals surface area contributed by atoms with Gasteiger partial charge in [-0.05, 0) is 74.0 Å². The molecule has 0 saturated carbocycles. The molecule has 0 N–H and O–H groups in total. The van der Waals surface area contributed by atoms with E-state index in [1.807, 2.05) is 12.1 Å². The molecule has 0 saturated heterocycles. The van der Waals surface area contributed by atoms with E-state index in [0.29, 0.717) is 38.9 Å². The largest absolute Gasteiger partial charge is 0.425 e. The van der Waals surface area contributed by atoms with Crippen molar-refractivity contribution in [3.63, 3.8) is 0 Å². The number of ether oxygens (including phenoxy) is 1. The quantitative estimate of drug-likeness (QED) is 0.200. The van der Waals surface area contributed by atoms with E-state index in [1.165, 1.54) is 20.2 Å². The van der Waals surface area contributed by atoms with E-state index in [1.54, 1.807) is 107 Å². The van der Waals surface area contributed by atoms with Crippen LogP contribution in [0.3, 0.4) is 0 Å². The van der Waals surface area contributed by atoms with Gasteiger partial charge < -0.3 is 4.74 Å². The van der Waals surface area contributed by atoms with Gasteiger partial charge in [0.25, 0.3) is 5.56 Å². The van der Waals surface area contributed by atoms with Gasteiger partial charge >= 0.3 is 11.8 Å². The van der Waals surface area contributed by atoms with Gasteiger partial charge in [0.2, 0.25) is 11.7 Å². The monoisotopic (exact) mass is 633 g/mol. The summed E-state index contributed by atoms with van der Waals surface area (Å²) in [5, 5.41) is 4.94. The highest BCUT2D eigenvalue weighted by atomic mass is 35.5. The molecule has 0 aliphatic carbocycles. The van der Waals surface area contributed by atoms with Gasteiger partial charge in [-0.25, -0.2) is 23.7 Å². The zero-order valence-corrected chi connectivity index (χ0v) is 26.1. The molecular formula is C35H28ClN5O5. The Morgan fingerprint density at radius 1 is 0.826 bits per heavy atom. The van der Waals surface area contributed by atoms with Crippen molar-refractivity contribution < 1.29 is 14.3 Å². The Hall–Kier alpha value is -5.74. The lowest BCUT2D eigenvalue weighted by Gasteiger charge is -2.22. The summed E-state index contributed by atoms with van der Waals surface area (Å²) < 4.78 is 9.64. The minimum atomic E-state index is -0.746. The number of aryl methyl sites for hydroxylation is 4. The van der Waals surface area contributed by atoms with E-state index >= 15 is 0 Å². The van der Waals surface area contributed by atoms with E-state index in [4.69, 9.17) is 16.3 Å². The number of fused-ring (bicyclic) bond motifs is 1. The van der Waals surface area contributed by atoms with Crippen LogP contribution in [0.2, 0.25) is 5.02 Å². The molecule has 11 heteroatoms. The van der Waals surface area contributed by atoms with Gasteiger partial charge in [0, 0.05) is 24.7 Å². The number of aromatic nitrogens is 4. The Bertz CT molecular complexity index is 2230. The van der Waals surface area contributed by atoms with Crippen LogP contribution in [0.1, 0.15) is 27.2 Å². The topological polar surface area (TPSA) is 108 Å². The SMILES string of the molecule is Cc1nn(C)c(OC(=O)N(c2ccccc2)c2ccccc2)c1C(=O)c1ccc2c(c1C)c(=O)n(-c1cccc(Cl)c1)c(=O)n2C. The van der Waals surface area contributed by atoms with Gasteiger partial charge in [0.05, 0.1) is 33.7 Å². The molecule has 2 aromatic heterocycles. The molecule has 6 rings (SSSR count). The van der Waals surface area contributed by atoms with Crippen molar-refractivity contribution in [1.29, 1.82) is 0 Å². The number of para-hydroxylation sites is 2. The molecule has 0 spiro atoms. The first-order valence-electron chi connectivity index (χ1n) is 14.3. The number of hydrogen-bond donors (Lipinski definition) is 0. The zero-order valence-electron chi connectivity index (χ0n) is 25.4. The summed E-state index contributed by atoms with van der Waals surface area (Å²) >= 11 is 6.16. The summed E-state index contributed by atoms with van der Waals surface area (Å²) in [4.78, 5) is 56.6. The second kappa shape index (κ2) is 12.0. The maximum atomic E-state index is 14.3. The fourth-order valence-corrected chi connectivity index (χ4v) is 5.76. The van der Waals surface area contributed by atoms with E-state index in [9.17, 15) is 19.2 Å². The predicted molar refractivity (Wildman–Crippen MR) is 177 cm³/mol. The third-order valence-corrected chi connectivity index (χ3v) is 8.04.